The zero-order chi connectivity index (χ0) is 9.80. The van der Waals surface area contributed by atoms with Crippen LogP contribution in [-0.4, -0.2) is 0 Å². The Morgan fingerprint density at radius 3 is 2.57 bits per heavy atom. The molecule has 0 saturated carbocycles. The first kappa shape index (κ1) is 9.16. The molecular formula is C12H12NS+. The molecule has 0 amide bonds. The van der Waals surface area contributed by atoms with Crippen LogP contribution in [0.3, 0.4) is 0 Å². The second-order valence-corrected chi connectivity index (χ2v) is 4.12. The summed E-state index contributed by atoms with van der Waals surface area (Å²) in [6, 6.07) is 8.38. The summed E-state index contributed by atoms with van der Waals surface area (Å²) in [6.45, 7) is 0. The Morgan fingerprint density at radius 2 is 1.93 bits per heavy atom. The molecule has 2 rings (SSSR count). The van der Waals surface area contributed by atoms with Crippen LogP contribution in [0.4, 0.5) is 0 Å². The van der Waals surface area contributed by atoms with Crippen molar-refractivity contribution in [1.29, 1.82) is 0 Å². The Morgan fingerprint density at radius 1 is 1.14 bits per heavy atom. The third-order valence-electron chi connectivity index (χ3n) is 1.99. The lowest BCUT2D eigenvalue weighted by atomic mass is 10.2. The summed E-state index contributed by atoms with van der Waals surface area (Å²) in [5, 5.41) is 2.09. The summed E-state index contributed by atoms with van der Waals surface area (Å²) in [4.78, 5) is 1.29. The van der Waals surface area contributed by atoms with E-state index in [1.807, 2.05) is 24.0 Å². The summed E-state index contributed by atoms with van der Waals surface area (Å²) in [5.74, 6) is 0. The highest BCUT2D eigenvalue weighted by Gasteiger charge is 1.91. The molecule has 2 aromatic rings. The molecule has 2 heteroatoms. The van der Waals surface area contributed by atoms with Gasteiger partial charge in [0.1, 0.15) is 7.05 Å². The minimum Gasteiger partial charge on any atom is -0.208 e. The topological polar surface area (TPSA) is 3.88 Å². The largest absolute Gasteiger partial charge is 0.208 e. The maximum absolute atomic E-state index is 2.14. The molecule has 0 unspecified atom stereocenters. The maximum Gasteiger partial charge on any atom is 0.169 e. The Kier molecular flexibility index (Phi) is 2.75. The van der Waals surface area contributed by atoms with Crippen molar-refractivity contribution in [3.63, 3.8) is 0 Å². The fraction of sp³-hybridized carbons (Fsp3) is 0.0833. The van der Waals surface area contributed by atoms with Gasteiger partial charge in [-0.15, -0.1) is 11.3 Å². The van der Waals surface area contributed by atoms with Gasteiger partial charge in [0.05, 0.1) is 0 Å². The molecule has 0 saturated heterocycles. The van der Waals surface area contributed by atoms with Crippen molar-refractivity contribution in [2.24, 2.45) is 7.05 Å². The van der Waals surface area contributed by atoms with Crippen LogP contribution in [0.15, 0.2) is 42.0 Å². The molecule has 2 aromatic heterocycles. The predicted molar refractivity (Wildman–Crippen MR) is 60.9 cm³/mol. The monoisotopic (exact) mass is 202 g/mol. The van der Waals surface area contributed by atoms with E-state index in [1.54, 1.807) is 11.3 Å². The van der Waals surface area contributed by atoms with Gasteiger partial charge in [-0.25, -0.2) is 4.57 Å². The SMILES string of the molecule is C[n+]1ccc(C=Cc2cccs2)cc1. The number of nitrogens with zero attached hydrogens (tertiary/aromatic N) is 1. The molecule has 0 aromatic carbocycles. The lowest BCUT2D eigenvalue weighted by Gasteiger charge is -1.89. The van der Waals surface area contributed by atoms with Gasteiger partial charge < -0.3 is 0 Å². The fourth-order valence-corrected chi connectivity index (χ4v) is 1.81. The van der Waals surface area contributed by atoms with E-state index in [0.717, 1.165) is 0 Å². The van der Waals surface area contributed by atoms with Gasteiger partial charge in [-0.3, -0.25) is 0 Å². The van der Waals surface area contributed by atoms with Gasteiger partial charge in [0.15, 0.2) is 12.4 Å². The number of thiophene rings is 1. The molecular weight excluding hydrogens is 190 g/mol. The van der Waals surface area contributed by atoms with Crippen LogP contribution < -0.4 is 4.57 Å². The van der Waals surface area contributed by atoms with E-state index in [2.05, 4.69) is 41.8 Å². The molecule has 2 heterocycles. The summed E-state index contributed by atoms with van der Waals surface area (Å²) >= 11 is 1.75. The number of hydrogen-bond acceptors (Lipinski definition) is 1. The number of aromatic nitrogens is 1. The van der Waals surface area contributed by atoms with Crippen LogP contribution in [0.5, 0.6) is 0 Å². The minimum absolute atomic E-state index is 1.23. The number of rotatable bonds is 2. The molecule has 14 heavy (non-hydrogen) atoms. The Bertz CT molecular complexity index is 412. The summed E-state index contributed by atoms with van der Waals surface area (Å²) in [7, 11) is 2.02. The number of hydrogen-bond donors (Lipinski definition) is 0. The molecule has 0 fully saturated rings. The van der Waals surface area contributed by atoms with Crippen molar-refractivity contribution >= 4 is 23.5 Å². The zero-order valence-corrected chi connectivity index (χ0v) is 8.87. The van der Waals surface area contributed by atoms with Gasteiger partial charge in [0.2, 0.25) is 0 Å². The van der Waals surface area contributed by atoms with Gasteiger partial charge in [-0.2, -0.15) is 0 Å². The standard InChI is InChI=1S/C12H12NS/c1-13-8-6-11(7-9-13)4-5-12-3-2-10-14-12/h2-10H,1H3/q+1. The Hall–Kier alpha value is -1.41. The molecule has 0 atom stereocenters. The summed E-state index contributed by atoms with van der Waals surface area (Å²) in [5.41, 5.74) is 1.23. The number of aryl methyl sites for hydroxylation is 1. The normalized spacial score (nSPS) is 10.9. The lowest BCUT2D eigenvalue weighted by Crippen LogP contribution is -2.25. The van der Waals surface area contributed by atoms with E-state index in [0.29, 0.717) is 0 Å². The molecule has 0 spiro atoms. The molecule has 0 aliphatic rings. The maximum atomic E-state index is 2.14. The quantitative estimate of drug-likeness (QED) is 0.659. The molecule has 70 valence electrons. The third-order valence-corrected chi connectivity index (χ3v) is 2.83. The molecule has 0 N–H and O–H groups in total. The van der Waals surface area contributed by atoms with Crippen LogP contribution in [0.25, 0.3) is 12.2 Å². The predicted octanol–water partition coefficient (Wildman–Crippen LogP) is 2.74. The molecule has 0 bridgehead atoms. The van der Waals surface area contributed by atoms with Crippen molar-refractivity contribution in [2.45, 2.75) is 0 Å². The highest BCUT2D eigenvalue weighted by Crippen LogP contribution is 2.12. The molecule has 0 aliphatic heterocycles. The number of pyridine rings is 1. The van der Waals surface area contributed by atoms with E-state index in [-0.39, 0.29) is 0 Å². The molecule has 0 aliphatic carbocycles. The lowest BCUT2D eigenvalue weighted by molar-refractivity contribution is -0.671. The van der Waals surface area contributed by atoms with E-state index < -0.39 is 0 Å². The van der Waals surface area contributed by atoms with Crippen LogP contribution in [-0.2, 0) is 7.05 Å². The van der Waals surface area contributed by atoms with Gasteiger partial charge in [0, 0.05) is 17.0 Å². The van der Waals surface area contributed by atoms with E-state index in [1.165, 1.54) is 10.4 Å². The zero-order valence-electron chi connectivity index (χ0n) is 8.05. The Balaban J connectivity index is 2.15. The van der Waals surface area contributed by atoms with E-state index in [4.69, 9.17) is 0 Å². The minimum atomic E-state index is 1.23. The van der Waals surface area contributed by atoms with Crippen molar-refractivity contribution < 1.29 is 4.57 Å². The van der Waals surface area contributed by atoms with Crippen LogP contribution in [0.1, 0.15) is 10.4 Å². The van der Waals surface area contributed by atoms with E-state index >= 15 is 0 Å². The first-order valence-corrected chi connectivity index (χ1v) is 5.39. The molecule has 1 nitrogen and oxygen atoms in total. The summed E-state index contributed by atoms with van der Waals surface area (Å²) < 4.78 is 2.03. The smallest absolute Gasteiger partial charge is 0.169 e. The van der Waals surface area contributed by atoms with Crippen LogP contribution >= 0.6 is 11.3 Å². The molecule has 0 radical (unpaired) electrons. The second-order valence-electron chi connectivity index (χ2n) is 3.15. The van der Waals surface area contributed by atoms with Gasteiger partial charge >= 0.3 is 0 Å². The van der Waals surface area contributed by atoms with Crippen LogP contribution in [0, 0.1) is 0 Å². The average molecular weight is 202 g/mol. The van der Waals surface area contributed by atoms with Crippen LogP contribution in [0.2, 0.25) is 0 Å². The van der Waals surface area contributed by atoms with Gasteiger partial charge in [-0.05, 0) is 23.1 Å². The van der Waals surface area contributed by atoms with Gasteiger partial charge in [0.25, 0.3) is 0 Å². The Labute approximate surface area is 88.0 Å². The average Bonchev–Trinajstić information content (AvgIpc) is 2.70. The van der Waals surface area contributed by atoms with E-state index in [9.17, 15) is 0 Å². The third kappa shape index (κ3) is 2.30. The van der Waals surface area contributed by atoms with Crippen molar-refractivity contribution in [2.75, 3.05) is 0 Å². The first-order valence-electron chi connectivity index (χ1n) is 4.51. The second kappa shape index (κ2) is 4.20. The van der Waals surface area contributed by atoms with Crippen molar-refractivity contribution in [1.82, 2.24) is 0 Å². The highest BCUT2D eigenvalue weighted by molar-refractivity contribution is 7.10. The first-order chi connectivity index (χ1) is 6.84. The highest BCUT2D eigenvalue weighted by atomic mass is 32.1. The van der Waals surface area contributed by atoms with Crippen molar-refractivity contribution in [3.05, 3.63) is 52.5 Å². The summed E-state index contributed by atoms with van der Waals surface area (Å²) in [6.07, 6.45) is 8.37. The van der Waals surface area contributed by atoms with Crippen molar-refractivity contribution in [3.8, 4) is 0 Å². The van der Waals surface area contributed by atoms with Gasteiger partial charge in [-0.1, -0.05) is 12.1 Å². The fourth-order valence-electron chi connectivity index (χ4n) is 1.19.